The molecule has 0 bridgehead atoms. The first-order valence-corrected chi connectivity index (χ1v) is 14.4. The fraction of sp³-hybridized carbons (Fsp3) is 0.500. The van der Waals surface area contributed by atoms with Gasteiger partial charge in [0.05, 0.1) is 21.9 Å². The molecule has 0 spiro atoms. The molecule has 3 rings (SSSR count). The van der Waals surface area contributed by atoms with E-state index in [-0.39, 0.29) is 42.8 Å². The maximum absolute atomic E-state index is 11.4. The highest BCUT2D eigenvalue weighted by atomic mass is 32.2. The molecule has 0 heterocycles. The Kier molecular flexibility index (Phi) is 9.75. The van der Waals surface area contributed by atoms with Gasteiger partial charge < -0.3 is 0 Å². The Bertz CT molecular complexity index is 1140. The Labute approximate surface area is 233 Å². The molecule has 1 aliphatic carbocycles. The lowest BCUT2D eigenvalue weighted by Gasteiger charge is -2.26. The molecule has 1 fully saturated rings. The van der Waals surface area contributed by atoms with Crippen molar-refractivity contribution in [3.63, 3.8) is 0 Å². The molecule has 8 nitrogen and oxygen atoms in total. The first-order chi connectivity index (χ1) is 17.7. The largest absolute Gasteiger partial charge is 0.287 e. The minimum atomic E-state index is -0.386. The summed E-state index contributed by atoms with van der Waals surface area (Å²) >= 11 is 3.30. The van der Waals surface area contributed by atoms with Crippen LogP contribution in [0.2, 0.25) is 0 Å². The van der Waals surface area contributed by atoms with Gasteiger partial charge in [0.2, 0.25) is 0 Å². The minimum Gasteiger partial charge on any atom is -0.287 e. The Morgan fingerprint density at radius 1 is 0.737 bits per heavy atom. The van der Waals surface area contributed by atoms with Crippen molar-refractivity contribution in [2.75, 3.05) is 0 Å². The third-order valence-electron chi connectivity index (χ3n) is 5.74. The normalized spacial score (nSPS) is 18.8. The third kappa shape index (κ3) is 8.94. The van der Waals surface area contributed by atoms with Crippen LogP contribution in [-0.2, 0) is 0 Å². The van der Waals surface area contributed by atoms with Crippen molar-refractivity contribution in [3.8, 4) is 0 Å². The molecule has 0 aromatic heterocycles. The average Bonchev–Trinajstić information content (AvgIpc) is 2.81. The van der Waals surface area contributed by atoms with Crippen LogP contribution in [0.5, 0.6) is 0 Å². The van der Waals surface area contributed by atoms with E-state index in [1.54, 1.807) is 60.2 Å². The van der Waals surface area contributed by atoms with Crippen molar-refractivity contribution in [1.82, 2.24) is 0 Å². The van der Waals surface area contributed by atoms with Crippen molar-refractivity contribution in [2.45, 2.75) is 98.6 Å². The fourth-order valence-electron chi connectivity index (χ4n) is 4.14. The monoisotopic (exact) mass is 556 g/mol. The van der Waals surface area contributed by atoms with E-state index < -0.39 is 0 Å². The molecular formula is C28H36N4O4S2. The molecule has 0 amide bonds. The maximum atomic E-state index is 11.4. The van der Waals surface area contributed by atoms with Crippen LogP contribution >= 0.6 is 23.5 Å². The summed E-state index contributed by atoms with van der Waals surface area (Å²) in [5, 5.41) is 22.8. The molecule has 0 radical (unpaired) electrons. The lowest BCUT2D eigenvalue weighted by atomic mass is 9.91. The third-order valence-corrected chi connectivity index (χ3v) is 8.15. The van der Waals surface area contributed by atoms with Crippen LogP contribution < -0.4 is 0 Å². The predicted molar refractivity (Wildman–Crippen MR) is 159 cm³/mol. The molecule has 1 aliphatic rings. The number of hydrogen-bond acceptors (Lipinski definition) is 8. The van der Waals surface area contributed by atoms with Gasteiger partial charge in [-0.2, -0.15) is 0 Å². The number of rotatable bonds is 8. The summed E-state index contributed by atoms with van der Waals surface area (Å²) < 4.78 is -0.116. The molecule has 2 atom stereocenters. The summed E-state index contributed by atoms with van der Waals surface area (Å²) in [6.07, 6.45) is 7.33. The smallest absolute Gasteiger partial charge is 0.270 e. The summed E-state index contributed by atoms with van der Waals surface area (Å²) in [6, 6.07) is 9.69. The van der Waals surface area contributed by atoms with E-state index >= 15 is 0 Å². The highest BCUT2D eigenvalue weighted by molar-refractivity contribution is 8.01. The average molecular weight is 557 g/mol. The van der Waals surface area contributed by atoms with Crippen molar-refractivity contribution < 1.29 is 9.85 Å². The van der Waals surface area contributed by atoms with E-state index in [0.29, 0.717) is 0 Å². The zero-order valence-corrected chi connectivity index (χ0v) is 24.5. The van der Waals surface area contributed by atoms with Crippen LogP contribution in [-0.4, -0.2) is 43.9 Å². The van der Waals surface area contributed by atoms with E-state index in [1.165, 1.54) is 12.1 Å². The second-order valence-electron chi connectivity index (χ2n) is 11.4. The number of nitro groups is 2. The summed E-state index contributed by atoms with van der Waals surface area (Å²) in [7, 11) is 0. The number of non-ortho nitro benzene ring substituents is 2. The number of nitro benzene ring substituents is 2. The topological polar surface area (TPSA) is 111 Å². The zero-order chi connectivity index (χ0) is 28.1. The van der Waals surface area contributed by atoms with Gasteiger partial charge in [-0.05, 0) is 25.0 Å². The molecule has 38 heavy (non-hydrogen) atoms. The van der Waals surface area contributed by atoms with Gasteiger partial charge in [-0.3, -0.25) is 30.2 Å². The minimum absolute atomic E-state index is 0.0393. The van der Waals surface area contributed by atoms with E-state index in [0.717, 1.165) is 46.6 Å². The molecule has 10 heteroatoms. The van der Waals surface area contributed by atoms with Gasteiger partial charge in [-0.1, -0.05) is 54.4 Å². The van der Waals surface area contributed by atoms with E-state index in [1.807, 2.05) is 0 Å². The molecule has 2 aromatic rings. The number of hydrogen-bond donors (Lipinski definition) is 0. The van der Waals surface area contributed by atoms with Gasteiger partial charge in [-0.15, -0.1) is 23.5 Å². The van der Waals surface area contributed by atoms with E-state index in [9.17, 15) is 20.2 Å². The Morgan fingerprint density at radius 2 is 1.11 bits per heavy atom. The van der Waals surface area contributed by atoms with Gasteiger partial charge in [0, 0.05) is 67.1 Å². The van der Waals surface area contributed by atoms with Gasteiger partial charge in [0.25, 0.3) is 11.4 Å². The standard InChI is InChI=1S/C28H36N4O4S2/c1-27(2,3)37-25-13-11-21(31(33)34)15-19(25)17-29-23-9-7-8-10-24(23)30-18-20-16-22(32(35)36)12-14-26(20)38-28(4,5)6/h11-18,23-24H,7-10H2,1-6H3. The Hall–Kier alpha value is -2.72. The first kappa shape index (κ1) is 29.8. The van der Waals surface area contributed by atoms with Gasteiger partial charge in [-0.25, -0.2) is 0 Å². The molecule has 2 aromatic carbocycles. The quantitative estimate of drug-likeness (QED) is 0.140. The molecule has 0 aliphatic heterocycles. The fourth-order valence-corrected chi connectivity index (χ4v) is 6.19. The summed E-state index contributed by atoms with van der Waals surface area (Å²) in [5.41, 5.74) is 1.54. The second kappa shape index (κ2) is 12.4. The summed E-state index contributed by atoms with van der Waals surface area (Å²) in [6.45, 7) is 12.6. The Morgan fingerprint density at radius 3 is 1.42 bits per heavy atom. The summed E-state index contributed by atoms with van der Waals surface area (Å²) in [4.78, 5) is 33.7. The van der Waals surface area contributed by atoms with Crippen LogP contribution in [0.3, 0.4) is 0 Å². The van der Waals surface area contributed by atoms with Crippen molar-refractivity contribution in [2.24, 2.45) is 9.98 Å². The number of benzene rings is 2. The van der Waals surface area contributed by atoms with Gasteiger partial charge in [0.1, 0.15) is 0 Å². The highest BCUT2D eigenvalue weighted by Gasteiger charge is 2.25. The molecule has 0 saturated heterocycles. The van der Waals surface area contributed by atoms with Crippen LogP contribution in [0.1, 0.15) is 78.4 Å². The molecule has 1 saturated carbocycles. The van der Waals surface area contributed by atoms with Crippen LogP contribution in [0, 0.1) is 20.2 Å². The molecular weight excluding hydrogens is 520 g/mol. The van der Waals surface area contributed by atoms with Crippen LogP contribution in [0.15, 0.2) is 56.2 Å². The SMILES string of the molecule is CC(C)(C)Sc1ccc([N+](=O)[O-])cc1C=NC1CCCCC1N=Cc1cc([N+](=O)[O-])ccc1SC(C)(C)C. The van der Waals surface area contributed by atoms with E-state index in [2.05, 4.69) is 41.5 Å². The second-order valence-corrected chi connectivity index (χ2v) is 15.1. The van der Waals surface area contributed by atoms with E-state index in [4.69, 9.17) is 9.98 Å². The molecule has 2 unspecified atom stereocenters. The van der Waals surface area contributed by atoms with Gasteiger partial charge >= 0.3 is 0 Å². The lowest BCUT2D eigenvalue weighted by molar-refractivity contribution is -0.385. The number of thioether (sulfide) groups is 2. The lowest BCUT2D eigenvalue weighted by Crippen LogP contribution is -2.27. The first-order valence-electron chi connectivity index (χ1n) is 12.7. The molecule has 0 N–H and O–H groups in total. The number of aliphatic imine (C=N–C) groups is 2. The summed E-state index contributed by atoms with van der Waals surface area (Å²) in [5.74, 6) is 0. The van der Waals surface area contributed by atoms with Crippen LogP contribution in [0.4, 0.5) is 11.4 Å². The van der Waals surface area contributed by atoms with Gasteiger partial charge in [0.15, 0.2) is 0 Å². The Balaban J connectivity index is 1.91. The maximum Gasteiger partial charge on any atom is 0.270 e. The van der Waals surface area contributed by atoms with Crippen LogP contribution in [0.25, 0.3) is 0 Å². The van der Waals surface area contributed by atoms with Crippen molar-refractivity contribution in [1.29, 1.82) is 0 Å². The number of nitrogens with zero attached hydrogens (tertiary/aromatic N) is 4. The highest BCUT2D eigenvalue weighted by Crippen LogP contribution is 2.37. The van der Waals surface area contributed by atoms with Crippen molar-refractivity contribution in [3.05, 3.63) is 67.8 Å². The molecule has 204 valence electrons. The van der Waals surface area contributed by atoms with Crippen molar-refractivity contribution >= 4 is 47.3 Å². The predicted octanol–water partition coefficient (Wildman–Crippen LogP) is 8.13. The zero-order valence-electron chi connectivity index (χ0n) is 22.8.